The van der Waals surface area contributed by atoms with Crippen LogP contribution in [0.2, 0.25) is 0 Å². The fraction of sp³-hybridized carbons (Fsp3) is 0.333. The van der Waals surface area contributed by atoms with Crippen LogP contribution in [0.5, 0.6) is 0 Å². The second-order valence-electron chi connectivity index (χ2n) is 5.74. The predicted octanol–water partition coefficient (Wildman–Crippen LogP) is 2.68. The van der Waals surface area contributed by atoms with Crippen molar-refractivity contribution in [2.24, 2.45) is 5.73 Å². The Labute approximate surface area is 130 Å². The molecule has 0 bridgehead atoms. The van der Waals surface area contributed by atoms with Crippen molar-refractivity contribution in [1.82, 2.24) is 4.57 Å². The molecule has 1 aromatic heterocycles. The molecular weight excluding hydrogens is 276 g/mol. The minimum atomic E-state index is -0.684. The number of carbonyl (C=O) groups excluding carboxylic acids is 1. The first-order valence-corrected chi connectivity index (χ1v) is 7.55. The number of pyridine rings is 1. The Balaban J connectivity index is 2.41. The number of carbonyl (C=O) groups is 1. The van der Waals surface area contributed by atoms with Gasteiger partial charge in [-0.25, -0.2) is 0 Å². The molecular formula is C18H22N2O2. The summed E-state index contributed by atoms with van der Waals surface area (Å²) in [5, 5.41) is 0. The molecule has 0 spiro atoms. The van der Waals surface area contributed by atoms with Gasteiger partial charge < -0.3 is 10.3 Å². The highest BCUT2D eigenvalue weighted by Crippen LogP contribution is 2.15. The van der Waals surface area contributed by atoms with Gasteiger partial charge in [-0.3, -0.25) is 9.59 Å². The van der Waals surface area contributed by atoms with Crippen molar-refractivity contribution >= 4 is 5.91 Å². The van der Waals surface area contributed by atoms with Gasteiger partial charge in [0.2, 0.25) is 0 Å². The van der Waals surface area contributed by atoms with Crippen LogP contribution in [-0.4, -0.2) is 10.5 Å². The fourth-order valence-electron chi connectivity index (χ4n) is 2.48. The summed E-state index contributed by atoms with van der Waals surface area (Å²) in [6.07, 6.45) is 0.721. The Kier molecular flexibility index (Phi) is 4.81. The lowest BCUT2D eigenvalue weighted by atomic mass is 10.0. The molecule has 0 radical (unpaired) electrons. The summed E-state index contributed by atoms with van der Waals surface area (Å²) in [6, 6.07) is 11.5. The van der Waals surface area contributed by atoms with Gasteiger partial charge in [-0.2, -0.15) is 0 Å². The molecule has 2 N–H and O–H groups in total. The third-order valence-corrected chi connectivity index (χ3v) is 3.88. The molecule has 0 aliphatic rings. The molecule has 1 aromatic carbocycles. The number of primary amides is 1. The zero-order valence-corrected chi connectivity index (χ0v) is 13.3. The van der Waals surface area contributed by atoms with Gasteiger partial charge in [0.1, 0.15) is 5.56 Å². The first-order chi connectivity index (χ1) is 10.4. The van der Waals surface area contributed by atoms with E-state index in [-0.39, 0.29) is 11.1 Å². The van der Waals surface area contributed by atoms with Gasteiger partial charge in [0.15, 0.2) is 0 Å². The molecule has 0 aliphatic heterocycles. The lowest BCUT2D eigenvalue weighted by Crippen LogP contribution is -2.31. The zero-order chi connectivity index (χ0) is 16.3. The highest BCUT2D eigenvalue weighted by Gasteiger charge is 2.12. The molecule has 0 saturated heterocycles. The Morgan fingerprint density at radius 2 is 1.77 bits per heavy atom. The molecule has 0 aliphatic carbocycles. The van der Waals surface area contributed by atoms with Crippen LogP contribution in [0.15, 0.2) is 41.2 Å². The van der Waals surface area contributed by atoms with Gasteiger partial charge in [0.25, 0.3) is 11.5 Å². The molecule has 0 unspecified atom stereocenters. The van der Waals surface area contributed by atoms with E-state index in [1.165, 1.54) is 11.6 Å². The summed E-state index contributed by atoms with van der Waals surface area (Å²) in [4.78, 5) is 23.8. The van der Waals surface area contributed by atoms with Gasteiger partial charge in [-0.1, -0.05) is 45.0 Å². The maximum absolute atomic E-state index is 12.4. The van der Waals surface area contributed by atoms with E-state index in [9.17, 15) is 9.59 Å². The maximum atomic E-state index is 12.4. The van der Waals surface area contributed by atoms with Crippen molar-refractivity contribution in [3.05, 3.63) is 69.1 Å². The van der Waals surface area contributed by atoms with Gasteiger partial charge in [-0.15, -0.1) is 0 Å². The highest BCUT2D eigenvalue weighted by atomic mass is 16.2. The summed E-state index contributed by atoms with van der Waals surface area (Å²) in [7, 11) is 0. The largest absolute Gasteiger partial charge is 0.365 e. The molecule has 0 fully saturated rings. The van der Waals surface area contributed by atoms with E-state index in [2.05, 4.69) is 26.0 Å². The maximum Gasteiger partial charge on any atom is 0.263 e. The topological polar surface area (TPSA) is 65.1 Å². The second-order valence-corrected chi connectivity index (χ2v) is 5.74. The molecule has 116 valence electrons. The van der Waals surface area contributed by atoms with E-state index in [0.717, 1.165) is 17.7 Å². The Bertz CT molecular complexity index is 728. The quantitative estimate of drug-likeness (QED) is 0.922. The third-order valence-electron chi connectivity index (χ3n) is 3.88. The molecule has 2 rings (SSSR count). The average molecular weight is 298 g/mol. The molecule has 4 nitrogen and oxygen atoms in total. The van der Waals surface area contributed by atoms with E-state index in [0.29, 0.717) is 12.5 Å². The van der Waals surface area contributed by atoms with Gasteiger partial charge >= 0.3 is 0 Å². The second kappa shape index (κ2) is 6.60. The van der Waals surface area contributed by atoms with E-state index in [1.54, 1.807) is 10.6 Å². The smallest absolute Gasteiger partial charge is 0.263 e. The van der Waals surface area contributed by atoms with E-state index < -0.39 is 5.91 Å². The van der Waals surface area contributed by atoms with Crippen molar-refractivity contribution in [2.45, 2.75) is 39.7 Å². The van der Waals surface area contributed by atoms with Crippen molar-refractivity contribution in [1.29, 1.82) is 0 Å². The molecule has 2 aromatic rings. The van der Waals surface area contributed by atoms with Crippen LogP contribution in [0, 0.1) is 0 Å². The van der Waals surface area contributed by atoms with Crippen LogP contribution in [0.25, 0.3) is 0 Å². The van der Waals surface area contributed by atoms with Crippen LogP contribution in [0.3, 0.4) is 0 Å². The molecule has 0 atom stereocenters. The molecule has 1 heterocycles. The van der Waals surface area contributed by atoms with Crippen molar-refractivity contribution in [3.8, 4) is 0 Å². The Hall–Kier alpha value is -2.36. The summed E-state index contributed by atoms with van der Waals surface area (Å²) < 4.78 is 1.63. The number of nitrogens with two attached hydrogens (primary N) is 1. The van der Waals surface area contributed by atoms with Crippen molar-refractivity contribution in [3.63, 3.8) is 0 Å². The first-order valence-electron chi connectivity index (χ1n) is 7.55. The van der Waals surface area contributed by atoms with Gasteiger partial charge in [-0.05, 0) is 35.6 Å². The van der Waals surface area contributed by atoms with Gasteiger partial charge in [0, 0.05) is 5.69 Å². The number of hydrogen-bond acceptors (Lipinski definition) is 2. The van der Waals surface area contributed by atoms with E-state index in [4.69, 9.17) is 5.73 Å². The molecule has 1 amide bonds. The minimum absolute atomic E-state index is 0.0380. The van der Waals surface area contributed by atoms with E-state index in [1.807, 2.05) is 19.1 Å². The lowest BCUT2D eigenvalue weighted by Gasteiger charge is -2.14. The number of nitrogens with zero attached hydrogens (tertiary/aromatic N) is 1. The van der Waals surface area contributed by atoms with Crippen LogP contribution >= 0.6 is 0 Å². The number of rotatable bonds is 5. The summed E-state index contributed by atoms with van der Waals surface area (Å²) >= 11 is 0. The van der Waals surface area contributed by atoms with Crippen LogP contribution in [0.4, 0.5) is 0 Å². The molecule has 4 heteroatoms. The van der Waals surface area contributed by atoms with Crippen molar-refractivity contribution < 1.29 is 4.79 Å². The summed E-state index contributed by atoms with van der Waals surface area (Å²) in [5.74, 6) is -0.210. The summed E-state index contributed by atoms with van der Waals surface area (Å²) in [5.41, 5.74) is 8.17. The van der Waals surface area contributed by atoms with Crippen LogP contribution in [-0.2, 0) is 13.0 Å². The number of aromatic nitrogens is 1. The Morgan fingerprint density at radius 3 is 2.27 bits per heavy atom. The minimum Gasteiger partial charge on any atom is -0.365 e. The highest BCUT2D eigenvalue weighted by molar-refractivity contribution is 5.92. The number of aryl methyl sites for hydroxylation is 1. The van der Waals surface area contributed by atoms with Gasteiger partial charge in [0.05, 0.1) is 6.54 Å². The van der Waals surface area contributed by atoms with Crippen molar-refractivity contribution in [2.75, 3.05) is 0 Å². The number of amides is 1. The van der Waals surface area contributed by atoms with E-state index >= 15 is 0 Å². The fourth-order valence-corrected chi connectivity index (χ4v) is 2.48. The standard InChI is InChI=1S/C18H22N2O2/c1-4-15-9-10-16(17(19)21)18(22)20(15)11-13-5-7-14(8-6-13)12(2)3/h5-10,12H,4,11H2,1-3H3,(H2,19,21). The van der Waals surface area contributed by atoms with Crippen LogP contribution in [0.1, 0.15) is 53.9 Å². The predicted molar refractivity (Wildman–Crippen MR) is 88.2 cm³/mol. The SMILES string of the molecule is CCc1ccc(C(N)=O)c(=O)n1Cc1ccc(C(C)C)cc1. The third kappa shape index (κ3) is 3.27. The molecule has 0 saturated carbocycles. The molecule has 22 heavy (non-hydrogen) atoms. The number of hydrogen-bond donors (Lipinski definition) is 1. The average Bonchev–Trinajstić information content (AvgIpc) is 2.49. The number of benzene rings is 1. The monoisotopic (exact) mass is 298 g/mol. The first kappa shape index (κ1) is 16.0. The van der Waals surface area contributed by atoms with Crippen LogP contribution < -0.4 is 11.3 Å². The summed E-state index contributed by atoms with van der Waals surface area (Å²) in [6.45, 7) is 6.72. The Morgan fingerprint density at radius 1 is 1.14 bits per heavy atom. The normalized spacial score (nSPS) is 10.9. The zero-order valence-electron chi connectivity index (χ0n) is 13.3. The lowest BCUT2D eigenvalue weighted by molar-refractivity contribution is 0.0998.